The Morgan fingerprint density at radius 1 is 1.17 bits per heavy atom. The minimum atomic E-state index is -0.407. The molecule has 24 heavy (non-hydrogen) atoms. The van der Waals surface area contributed by atoms with Crippen molar-refractivity contribution in [3.63, 3.8) is 0 Å². The summed E-state index contributed by atoms with van der Waals surface area (Å²) in [6, 6.07) is 8.16. The molecule has 1 aromatic carbocycles. The molecule has 3 aromatic heterocycles. The number of thiophene rings is 1. The minimum Gasteiger partial charge on any atom is -0.411 e. The highest BCUT2D eigenvalue weighted by atomic mass is 32.2. The van der Waals surface area contributed by atoms with Crippen molar-refractivity contribution >= 4 is 23.1 Å². The highest BCUT2D eigenvalue weighted by Crippen LogP contribution is 2.27. The van der Waals surface area contributed by atoms with Crippen molar-refractivity contribution in [2.24, 2.45) is 0 Å². The lowest BCUT2D eigenvalue weighted by Gasteiger charge is -1.95. The molecule has 0 bridgehead atoms. The van der Waals surface area contributed by atoms with E-state index in [1.807, 2.05) is 16.8 Å². The van der Waals surface area contributed by atoms with Crippen molar-refractivity contribution in [2.45, 2.75) is 11.0 Å². The predicted molar refractivity (Wildman–Crippen MR) is 86.9 cm³/mol. The van der Waals surface area contributed by atoms with Gasteiger partial charge in [0.15, 0.2) is 0 Å². The Labute approximate surface area is 143 Å². The van der Waals surface area contributed by atoms with E-state index in [1.54, 1.807) is 29.5 Å². The molecule has 6 nitrogen and oxygen atoms in total. The van der Waals surface area contributed by atoms with E-state index >= 15 is 0 Å². The molecule has 0 radical (unpaired) electrons. The Kier molecular flexibility index (Phi) is 4.09. The van der Waals surface area contributed by atoms with E-state index in [0.717, 1.165) is 5.56 Å². The van der Waals surface area contributed by atoms with Crippen LogP contribution >= 0.6 is 23.1 Å². The van der Waals surface area contributed by atoms with E-state index in [-0.39, 0.29) is 11.5 Å². The van der Waals surface area contributed by atoms with E-state index in [9.17, 15) is 4.39 Å². The van der Waals surface area contributed by atoms with E-state index < -0.39 is 5.82 Å². The van der Waals surface area contributed by atoms with E-state index in [1.165, 1.54) is 17.8 Å². The SMILES string of the molecule is Fc1ccccc1-c1nnc(SCc2nc(-c3ccsc3)no2)o1. The first-order chi connectivity index (χ1) is 11.8. The van der Waals surface area contributed by atoms with Crippen LogP contribution in [0, 0.1) is 5.82 Å². The fraction of sp³-hybridized carbons (Fsp3) is 0.0667. The Hall–Kier alpha value is -2.52. The van der Waals surface area contributed by atoms with Crippen molar-refractivity contribution in [2.75, 3.05) is 0 Å². The van der Waals surface area contributed by atoms with Crippen molar-refractivity contribution in [3.8, 4) is 22.8 Å². The van der Waals surface area contributed by atoms with Crippen LogP contribution in [0.5, 0.6) is 0 Å². The van der Waals surface area contributed by atoms with E-state index in [2.05, 4.69) is 20.3 Å². The number of nitrogens with zero attached hydrogens (tertiary/aromatic N) is 4. The monoisotopic (exact) mass is 360 g/mol. The number of halogens is 1. The predicted octanol–water partition coefficient (Wildman–Crippen LogP) is 4.28. The second-order valence-corrected chi connectivity index (χ2v) is 6.37. The first-order valence-electron chi connectivity index (χ1n) is 6.86. The van der Waals surface area contributed by atoms with Crippen LogP contribution in [0.15, 0.2) is 55.3 Å². The third kappa shape index (κ3) is 3.08. The zero-order valence-corrected chi connectivity index (χ0v) is 13.7. The van der Waals surface area contributed by atoms with Crippen LogP contribution < -0.4 is 0 Å². The fourth-order valence-electron chi connectivity index (χ4n) is 1.96. The van der Waals surface area contributed by atoms with Gasteiger partial charge in [-0.3, -0.25) is 0 Å². The van der Waals surface area contributed by atoms with Crippen LogP contribution in [0.2, 0.25) is 0 Å². The molecule has 4 aromatic rings. The molecule has 0 saturated carbocycles. The number of thioether (sulfide) groups is 1. The highest BCUT2D eigenvalue weighted by Gasteiger charge is 2.15. The Morgan fingerprint density at radius 3 is 2.92 bits per heavy atom. The van der Waals surface area contributed by atoms with Gasteiger partial charge in [0.25, 0.3) is 11.1 Å². The van der Waals surface area contributed by atoms with Crippen molar-refractivity contribution in [3.05, 3.63) is 52.8 Å². The molecule has 0 N–H and O–H groups in total. The average Bonchev–Trinajstić information content (AvgIpc) is 3.34. The molecular weight excluding hydrogens is 351 g/mol. The molecule has 0 unspecified atom stereocenters. The van der Waals surface area contributed by atoms with Crippen molar-refractivity contribution in [1.29, 1.82) is 0 Å². The van der Waals surface area contributed by atoms with Crippen LogP contribution in [0.4, 0.5) is 4.39 Å². The van der Waals surface area contributed by atoms with Crippen LogP contribution in [0.3, 0.4) is 0 Å². The summed E-state index contributed by atoms with van der Waals surface area (Å²) in [5.41, 5.74) is 1.19. The Balaban J connectivity index is 1.45. The molecule has 0 atom stereocenters. The first-order valence-corrected chi connectivity index (χ1v) is 8.79. The molecule has 0 amide bonds. The average molecular weight is 360 g/mol. The summed E-state index contributed by atoms with van der Waals surface area (Å²) in [6.45, 7) is 0. The number of rotatable bonds is 5. The largest absolute Gasteiger partial charge is 0.411 e. The normalized spacial score (nSPS) is 11.0. The van der Waals surface area contributed by atoms with Gasteiger partial charge in [-0.2, -0.15) is 16.3 Å². The van der Waals surface area contributed by atoms with Gasteiger partial charge >= 0.3 is 0 Å². The van der Waals surface area contributed by atoms with Gasteiger partial charge in [0.05, 0.1) is 11.3 Å². The van der Waals surface area contributed by atoms with Gasteiger partial charge in [0.1, 0.15) is 5.82 Å². The van der Waals surface area contributed by atoms with Gasteiger partial charge in [-0.25, -0.2) is 4.39 Å². The molecule has 0 spiro atoms. The molecule has 9 heteroatoms. The van der Waals surface area contributed by atoms with Crippen LogP contribution in [0.25, 0.3) is 22.8 Å². The van der Waals surface area contributed by atoms with Crippen molar-refractivity contribution < 1.29 is 13.3 Å². The second kappa shape index (κ2) is 6.54. The van der Waals surface area contributed by atoms with E-state index in [0.29, 0.717) is 22.7 Å². The lowest BCUT2D eigenvalue weighted by Crippen LogP contribution is -1.82. The molecule has 0 fully saturated rings. The van der Waals surface area contributed by atoms with Crippen LogP contribution in [0.1, 0.15) is 5.89 Å². The topological polar surface area (TPSA) is 77.8 Å². The summed E-state index contributed by atoms with van der Waals surface area (Å²) >= 11 is 2.81. The minimum absolute atomic E-state index is 0.139. The van der Waals surface area contributed by atoms with Gasteiger partial charge in [0, 0.05) is 10.9 Å². The van der Waals surface area contributed by atoms with Gasteiger partial charge < -0.3 is 8.94 Å². The summed E-state index contributed by atoms with van der Waals surface area (Å²) in [6.07, 6.45) is 0. The lowest BCUT2D eigenvalue weighted by molar-refractivity contribution is 0.391. The summed E-state index contributed by atoms with van der Waals surface area (Å²) < 4.78 is 24.4. The molecule has 0 aliphatic carbocycles. The smallest absolute Gasteiger partial charge is 0.277 e. The molecular formula is C15H9FN4O2S2. The molecule has 0 aliphatic rings. The zero-order chi connectivity index (χ0) is 16.4. The summed E-state index contributed by atoms with van der Waals surface area (Å²) in [5, 5.41) is 15.9. The Morgan fingerprint density at radius 2 is 2.08 bits per heavy atom. The van der Waals surface area contributed by atoms with Crippen LogP contribution in [-0.2, 0) is 5.75 Å². The molecule has 4 rings (SSSR count). The standard InChI is InChI=1S/C15H9FN4O2S2/c16-11-4-2-1-3-10(11)14-18-19-15(21-14)24-8-12-17-13(20-22-12)9-5-6-23-7-9/h1-7H,8H2. The molecule has 0 saturated heterocycles. The highest BCUT2D eigenvalue weighted by molar-refractivity contribution is 7.98. The first kappa shape index (κ1) is 15.0. The number of hydrogen-bond acceptors (Lipinski definition) is 8. The quantitative estimate of drug-likeness (QED) is 0.492. The third-order valence-electron chi connectivity index (χ3n) is 3.08. The Bertz CT molecular complexity index is 952. The summed E-state index contributed by atoms with van der Waals surface area (Å²) in [4.78, 5) is 4.31. The number of aromatic nitrogens is 4. The van der Waals surface area contributed by atoms with Gasteiger partial charge in [-0.15, -0.1) is 10.2 Å². The number of hydrogen-bond donors (Lipinski definition) is 0. The summed E-state index contributed by atoms with van der Waals surface area (Å²) in [7, 11) is 0. The maximum Gasteiger partial charge on any atom is 0.277 e. The molecule has 0 aliphatic heterocycles. The maximum absolute atomic E-state index is 13.7. The van der Waals surface area contributed by atoms with E-state index in [4.69, 9.17) is 8.94 Å². The third-order valence-corrected chi connectivity index (χ3v) is 4.56. The maximum atomic E-state index is 13.7. The lowest BCUT2D eigenvalue weighted by atomic mass is 10.2. The van der Waals surface area contributed by atoms with Crippen molar-refractivity contribution in [1.82, 2.24) is 20.3 Å². The second-order valence-electron chi connectivity index (χ2n) is 4.67. The van der Waals surface area contributed by atoms with Gasteiger partial charge in [-0.05, 0) is 23.6 Å². The summed E-state index contributed by atoms with van der Waals surface area (Å²) in [5.74, 6) is 1.11. The zero-order valence-electron chi connectivity index (χ0n) is 12.0. The number of benzene rings is 1. The molecule has 3 heterocycles. The van der Waals surface area contributed by atoms with Gasteiger partial charge in [0.2, 0.25) is 11.7 Å². The fourth-order valence-corrected chi connectivity index (χ4v) is 3.19. The van der Waals surface area contributed by atoms with Gasteiger partial charge in [-0.1, -0.05) is 29.1 Å². The molecule has 120 valence electrons. The van der Waals surface area contributed by atoms with Crippen LogP contribution in [-0.4, -0.2) is 20.3 Å².